The van der Waals surface area contributed by atoms with Crippen molar-refractivity contribution in [3.05, 3.63) is 65.2 Å². The Morgan fingerprint density at radius 2 is 1.79 bits per heavy atom. The lowest BCUT2D eigenvalue weighted by Crippen LogP contribution is -2.38. The highest BCUT2D eigenvalue weighted by atomic mass is 127. The van der Waals surface area contributed by atoms with Gasteiger partial charge in [-0.15, -0.1) is 24.0 Å². The number of carbonyl (C=O) groups is 2. The van der Waals surface area contributed by atoms with Crippen molar-refractivity contribution in [1.82, 2.24) is 15.5 Å². The molecule has 0 bridgehead atoms. The number of amides is 2. The van der Waals surface area contributed by atoms with Gasteiger partial charge in [0, 0.05) is 51.4 Å². The number of nitrogens with one attached hydrogen (secondary N) is 2. The molecule has 2 aromatic carbocycles. The average Bonchev–Trinajstić information content (AvgIpc) is 3.24. The SMILES string of the molecule is CCNC(=NCc1ccc(C(=O)N(C)C)cc1)NCCCC(=O)N1CCc2ccccc21.I. The molecule has 0 atom stereocenters. The first-order valence-electron chi connectivity index (χ1n) is 11.2. The molecule has 0 radical (unpaired) electrons. The first kappa shape index (κ1) is 26.6. The van der Waals surface area contributed by atoms with Crippen LogP contribution in [-0.4, -0.2) is 56.4 Å². The van der Waals surface area contributed by atoms with E-state index >= 15 is 0 Å². The van der Waals surface area contributed by atoms with Gasteiger partial charge < -0.3 is 20.4 Å². The molecular weight excluding hydrogens is 529 g/mol. The third-order valence-corrected chi connectivity index (χ3v) is 5.42. The zero-order valence-electron chi connectivity index (χ0n) is 19.6. The number of hydrogen-bond donors (Lipinski definition) is 2. The predicted octanol–water partition coefficient (Wildman–Crippen LogP) is 3.43. The number of anilines is 1. The molecule has 0 spiro atoms. The molecule has 0 aromatic heterocycles. The maximum absolute atomic E-state index is 12.6. The van der Waals surface area contributed by atoms with E-state index in [4.69, 9.17) is 0 Å². The predicted molar refractivity (Wildman–Crippen MR) is 144 cm³/mol. The van der Waals surface area contributed by atoms with Crippen molar-refractivity contribution in [2.75, 3.05) is 38.6 Å². The number of halogens is 1. The minimum absolute atomic E-state index is 0. The summed E-state index contributed by atoms with van der Waals surface area (Å²) >= 11 is 0. The van der Waals surface area contributed by atoms with Crippen LogP contribution in [0, 0.1) is 0 Å². The number of carbonyl (C=O) groups excluding carboxylic acids is 2. The van der Waals surface area contributed by atoms with Crippen LogP contribution >= 0.6 is 24.0 Å². The van der Waals surface area contributed by atoms with Gasteiger partial charge in [0.05, 0.1) is 6.54 Å². The number of aliphatic imine (C=N–C) groups is 1. The van der Waals surface area contributed by atoms with Crippen molar-refractivity contribution in [2.45, 2.75) is 32.7 Å². The van der Waals surface area contributed by atoms with Gasteiger partial charge in [0.25, 0.3) is 5.91 Å². The van der Waals surface area contributed by atoms with E-state index in [0.29, 0.717) is 25.1 Å². The van der Waals surface area contributed by atoms with Crippen LogP contribution in [0.5, 0.6) is 0 Å². The van der Waals surface area contributed by atoms with E-state index in [1.165, 1.54) is 5.56 Å². The van der Waals surface area contributed by atoms with Crippen LogP contribution in [0.3, 0.4) is 0 Å². The lowest BCUT2D eigenvalue weighted by Gasteiger charge is -2.17. The Morgan fingerprint density at radius 1 is 1.06 bits per heavy atom. The van der Waals surface area contributed by atoms with Gasteiger partial charge in [-0.2, -0.15) is 0 Å². The van der Waals surface area contributed by atoms with Gasteiger partial charge in [0.15, 0.2) is 5.96 Å². The van der Waals surface area contributed by atoms with E-state index in [0.717, 1.165) is 43.1 Å². The van der Waals surface area contributed by atoms with Crippen LogP contribution in [0.15, 0.2) is 53.5 Å². The molecule has 178 valence electrons. The highest BCUT2D eigenvalue weighted by Crippen LogP contribution is 2.27. The van der Waals surface area contributed by atoms with Crippen molar-refractivity contribution in [1.29, 1.82) is 0 Å². The van der Waals surface area contributed by atoms with Gasteiger partial charge in [0.1, 0.15) is 0 Å². The Labute approximate surface area is 213 Å². The number of benzene rings is 2. The molecule has 2 N–H and O–H groups in total. The molecule has 0 saturated heterocycles. The number of nitrogens with zero attached hydrogens (tertiary/aromatic N) is 3. The second kappa shape index (κ2) is 13.2. The maximum atomic E-state index is 12.6. The van der Waals surface area contributed by atoms with Gasteiger partial charge in [0.2, 0.25) is 5.91 Å². The molecule has 7 nitrogen and oxygen atoms in total. The molecule has 1 heterocycles. The second-order valence-electron chi connectivity index (χ2n) is 8.05. The van der Waals surface area contributed by atoms with Gasteiger partial charge in [-0.3, -0.25) is 9.59 Å². The highest BCUT2D eigenvalue weighted by molar-refractivity contribution is 14.0. The van der Waals surface area contributed by atoms with Crippen LogP contribution in [-0.2, 0) is 17.8 Å². The van der Waals surface area contributed by atoms with Crippen LogP contribution in [0.25, 0.3) is 0 Å². The van der Waals surface area contributed by atoms with Crippen molar-refractivity contribution < 1.29 is 9.59 Å². The zero-order chi connectivity index (χ0) is 22.9. The molecular formula is C25H34IN5O2. The van der Waals surface area contributed by atoms with Crippen LogP contribution < -0.4 is 15.5 Å². The highest BCUT2D eigenvalue weighted by Gasteiger charge is 2.23. The van der Waals surface area contributed by atoms with Gasteiger partial charge in [-0.05, 0) is 49.1 Å². The fraction of sp³-hybridized carbons (Fsp3) is 0.400. The van der Waals surface area contributed by atoms with Crippen molar-refractivity contribution >= 4 is 47.4 Å². The Morgan fingerprint density at radius 3 is 2.48 bits per heavy atom. The van der Waals surface area contributed by atoms with E-state index in [1.807, 2.05) is 54.3 Å². The lowest BCUT2D eigenvalue weighted by atomic mass is 10.1. The van der Waals surface area contributed by atoms with E-state index in [1.54, 1.807) is 19.0 Å². The number of hydrogen-bond acceptors (Lipinski definition) is 3. The van der Waals surface area contributed by atoms with Crippen molar-refractivity contribution in [3.63, 3.8) is 0 Å². The van der Waals surface area contributed by atoms with E-state index in [-0.39, 0.29) is 35.8 Å². The molecule has 2 amide bonds. The van der Waals surface area contributed by atoms with Crippen molar-refractivity contribution in [3.8, 4) is 0 Å². The Bertz CT molecular complexity index is 960. The molecule has 1 aliphatic rings. The summed E-state index contributed by atoms with van der Waals surface area (Å²) in [5.41, 5.74) is 4.00. The number of fused-ring (bicyclic) bond motifs is 1. The first-order valence-corrected chi connectivity index (χ1v) is 11.2. The summed E-state index contributed by atoms with van der Waals surface area (Å²) in [5.74, 6) is 0.882. The largest absolute Gasteiger partial charge is 0.357 e. The molecule has 2 aromatic rings. The molecule has 33 heavy (non-hydrogen) atoms. The second-order valence-corrected chi connectivity index (χ2v) is 8.05. The lowest BCUT2D eigenvalue weighted by molar-refractivity contribution is -0.118. The monoisotopic (exact) mass is 563 g/mol. The van der Waals surface area contributed by atoms with Gasteiger partial charge in [-0.25, -0.2) is 4.99 Å². The molecule has 0 unspecified atom stereocenters. The third-order valence-electron chi connectivity index (χ3n) is 5.42. The summed E-state index contributed by atoms with van der Waals surface area (Å²) in [4.78, 5) is 32.7. The molecule has 0 aliphatic carbocycles. The summed E-state index contributed by atoms with van der Waals surface area (Å²) in [5, 5.41) is 6.54. The van der Waals surface area contributed by atoms with Gasteiger partial charge in [-0.1, -0.05) is 30.3 Å². The normalized spacial score (nSPS) is 12.6. The Balaban J connectivity index is 0.00000385. The third kappa shape index (κ3) is 7.45. The van der Waals surface area contributed by atoms with Crippen LogP contribution in [0.2, 0.25) is 0 Å². The Hall–Kier alpha value is -2.62. The molecule has 3 rings (SSSR count). The van der Waals surface area contributed by atoms with Crippen LogP contribution in [0.1, 0.15) is 41.3 Å². The van der Waals surface area contributed by atoms with E-state index < -0.39 is 0 Å². The fourth-order valence-corrected chi connectivity index (χ4v) is 3.70. The summed E-state index contributed by atoms with van der Waals surface area (Å²) in [7, 11) is 3.49. The number of guanidine groups is 1. The first-order chi connectivity index (χ1) is 15.5. The molecule has 0 fully saturated rings. The molecule has 1 aliphatic heterocycles. The smallest absolute Gasteiger partial charge is 0.253 e. The minimum Gasteiger partial charge on any atom is -0.357 e. The zero-order valence-corrected chi connectivity index (χ0v) is 22.0. The standard InChI is InChI=1S/C25H33N5O2.HI/c1-4-26-25(28-18-19-11-13-21(14-12-19)24(32)29(2)3)27-16-7-10-23(31)30-17-15-20-8-5-6-9-22(20)30;/h5-6,8-9,11-14H,4,7,10,15-18H2,1-3H3,(H2,26,27,28);1H. The summed E-state index contributed by atoms with van der Waals surface area (Å²) < 4.78 is 0. The molecule has 8 heteroatoms. The molecule has 0 saturated carbocycles. The maximum Gasteiger partial charge on any atom is 0.253 e. The average molecular weight is 563 g/mol. The minimum atomic E-state index is -0.0120. The summed E-state index contributed by atoms with van der Waals surface area (Å²) in [6.45, 7) is 4.73. The van der Waals surface area contributed by atoms with E-state index in [2.05, 4.69) is 21.7 Å². The Kier molecular flexibility index (Phi) is 10.6. The fourth-order valence-electron chi connectivity index (χ4n) is 3.70. The quantitative estimate of drug-likeness (QED) is 0.224. The number of rotatable bonds is 8. The topological polar surface area (TPSA) is 77.0 Å². The number of para-hydroxylation sites is 1. The van der Waals surface area contributed by atoms with E-state index in [9.17, 15) is 9.59 Å². The summed E-state index contributed by atoms with van der Waals surface area (Å²) in [6, 6.07) is 15.6. The van der Waals surface area contributed by atoms with Gasteiger partial charge >= 0.3 is 0 Å². The van der Waals surface area contributed by atoms with Crippen LogP contribution in [0.4, 0.5) is 5.69 Å². The van der Waals surface area contributed by atoms with Crippen molar-refractivity contribution in [2.24, 2.45) is 4.99 Å². The summed E-state index contributed by atoms with van der Waals surface area (Å²) in [6.07, 6.45) is 2.17.